The smallest absolute Gasteiger partial charge is 0.234 e. The Hall–Kier alpha value is -2.86. The van der Waals surface area contributed by atoms with Crippen LogP contribution in [0, 0.1) is 6.92 Å². The molecule has 0 saturated carbocycles. The van der Waals surface area contributed by atoms with Crippen molar-refractivity contribution in [2.45, 2.75) is 40.0 Å². The Labute approximate surface area is 159 Å². The van der Waals surface area contributed by atoms with Crippen LogP contribution in [0.4, 0.5) is 0 Å². The van der Waals surface area contributed by atoms with Crippen molar-refractivity contribution in [3.63, 3.8) is 0 Å². The third kappa shape index (κ3) is 5.31. The number of pyridine rings is 1. The van der Waals surface area contributed by atoms with E-state index in [0.29, 0.717) is 19.7 Å². The van der Waals surface area contributed by atoms with Gasteiger partial charge in [0.2, 0.25) is 5.91 Å². The van der Waals surface area contributed by atoms with Crippen molar-refractivity contribution < 1.29 is 9.53 Å². The molecule has 27 heavy (non-hydrogen) atoms. The Bertz CT molecular complexity index is 900. The summed E-state index contributed by atoms with van der Waals surface area (Å²) >= 11 is 0. The predicted octanol–water partition coefficient (Wildman–Crippen LogP) is 2.84. The van der Waals surface area contributed by atoms with Crippen LogP contribution in [0.25, 0.3) is 5.65 Å². The lowest BCUT2D eigenvalue weighted by atomic mass is 10.2. The summed E-state index contributed by atoms with van der Waals surface area (Å²) in [5.74, 6) is 0.803. The van der Waals surface area contributed by atoms with Crippen LogP contribution >= 0.6 is 0 Å². The Morgan fingerprint density at radius 2 is 2.00 bits per heavy atom. The lowest BCUT2D eigenvalue weighted by Gasteiger charge is -2.09. The van der Waals surface area contributed by atoms with Gasteiger partial charge in [0.05, 0.1) is 12.2 Å². The van der Waals surface area contributed by atoms with Crippen LogP contribution in [0.2, 0.25) is 0 Å². The topological polar surface area (TPSA) is 67.7 Å². The summed E-state index contributed by atoms with van der Waals surface area (Å²) in [6.45, 7) is 7.32. The largest absolute Gasteiger partial charge is 0.487 e. The van der Waals surface area contributed by atoms with Crippen molar-refractivity contribution in [1.82, 2.24) is 20.0 Å². The second-order valence-corrected chi connectivity index (χ2v) is 6.91. The minimum absolute atomic E-state index is 0.00708. The number of imidazole rings is 1. The summed E-state index contributed by atoms with van der Waals surface area (Å²) < 4.78 is 7.85. The molecule has 3 rings (SSSR count). The number of hydrogen-bond acceptors (Lipinski definition) is 4. The van der Waals surface area contributed by atoms with Gasteiger partial charge in [0.1, 0.15) is 18.0 Å². The lowest BCUT2D eigenvalue weighted by molar-refractivity contribution is -0.120. The zero-order valence-electron chi connectivity index (χ0n) is 16.0. The van der Waals surface area contributed by atoms with Crippen LogP contribution in [-0.2, 0) is 17.9 Å². The van der Waals surface area contributed by atoms with Gasteiger partial charge in [-0.25, -0.2) is 4.98 Å². The number of aryl methyl sites for hydroxylation is 1. The summed E-state index contributed by atoms with van der Waals surface area (Å²) in [5.41, 5.74) is 4.09. The molecular formula is C21H26N4O2. The van der Waals surface area contributed by atoms with Crippen molar-refractivity contribution in [3.8, 4) is 5.75 Å². The number of rotatable bonds is 8. The molecule has 0 aliphatic heterocycles. The molecule has 0 radical (unpaired) electrons. The number of aromatic nitrogens is 2. The van der Waals surface area contributed by atoms with Crippen LogP contribution < -0.4 is 15.4 Å². The second-order valence-electron chi connectivity index (χ2n) is 6.91. The molecule has 0 aliphatic carbocycles. The third-order valence-corrected chi connectivity index (χ3v) is 4.10. The van der Waals surface area contributed by atoms with Gasteiger partial charge in [-0.1, -0.05) is 18.2 Å². The van der Waals surface area contributed by atoms with Crippen molar-refractivity contribution in [3.05, 3.63) is 65.6 Å². The average Bonchev–Trinajstić information content (AvgIpc) is 3.05. The maximum absolute atomic E-state index is 11.6. The first-order valence-corrected chi connectivity index (χ1v) is 9.16. The standard InChI is InChI=1S/C21H26N4O2/c1-15(2)23-20(26)12-22-11-17-6-8-19(9-7-17)27-14-18-13-25-10-4-5-16(3)21(25)24-18/h4-10,13,15,22H,11-12,14H2,1-3H3,(H,23,26). The van der Waals surface area contributed by atoms with Crippen molar-refractivity contribution in [2.75, 3.05) is 6.54 Å². The number of benzene rings is 1. The fourth-order valence-electron chi connectivity index (χ4n) is 2.83. The highest BCUT2D eigenvalue weighted by Gasteiger charge is 2.05. The molecule has 0 atom stereocenters. The van der Waals surface area contributed by atoms with Gasteiger partial charge in [-0.2, -0.15) is 0 Å². The molecule has 1 aromatic carbocycles. The summed E-state index contributed by atoms with van der Waals surface area (Å²) in [7, 11) is 0. The molecule has 1 amide bonds. The molecule has 6 nitrogen and oxygen atoms in total. The van der Waals surface area contributed by atoms with Crippen LogP contribution in [-0.4, -0.2) is 27.9 Å². The van der Waals surface area contributed by atoms with Crippen molar-refractivity contribution in [2.24, 2.45) is 0 Å². The van der Waals surface area contributed by atoms with Crippen molar-refractivity contribution >= 4 is 11.6 Å². The van der Waals surface area contributed by atoms with E-state index in [0.717, 1.165) is 28.2 Å². The quantitative estimate of drug-likeness (QED) is 0.643. The first-order chi connectivity index (χ1) is 13.0. The molecule has 0 unspecified atom stereocenters. The second kappa shape index (κ2) is 8.68. The van der Waals surface area contributed by atoms with Gasteiger partial charge in [-0.05, 0) is 50.1 Å². The monoisotopic (exact) mass is 366 g/mol. The molecule has 0 saturated heterocycles. The minimum Gasteiger partial charge on any atom is -0.487 e. The first-order valence-electron chi connectivity index (χ1n) is 9.16. The minimum atomic E-state index is 0.00708. The number of hydrogen-bond donors (Lipinski definition) is 2. The highest BCUT2D eigenvalue weighted by molar-refractivity contribution is 5.78. The lowest BCUT2D eigenvalue weighted by Crippen LogP contribution is -2.37. The van der Waals surface area contributed by atoms with E-state index in [1.165, 1.54) is 0 Å². The SMILES string of the molecule is Cc1cccn2cc(COc3ccc(CNCC(=O)NC(C)C)cc3)nc12. The van der Waals surface area contributed by atoms with Crippen LogP contribution in [0.15, 0.2) is 48.8 Å². The number of carbonyl (C=O) groups excluding carboxylic acids is 1. The van der Waals surface area contributed by atoms with Gasteiger partial charge < -0.3 is 19.8 Å². The number of fused-ring (bicyclic) bond motifs is 1. The fourth-order valence-corrected chi connectivity index (χ4v) is 2.83. The van der Waals surface area contributed by atoms with Gasteiger partial charge in [0.15, 0.2) is 0 Å². The molecule has 0 fully saturated rings. The summed E-state index contributed by atoms with van der Waals surface area (Å²) in [5, 5.41) is 5.99. The normalized spacial score (nSPS) is 11.1. The number of nitrogens with one attached hydrogen (secondary N) is 2. The Kier molecular flexibility index (Phi) is 6.08. The van der Waals surface area contributed by atoms with E-state index in [2.05, 4.69) is 15.6 Å². The van der Waals surface area contributed by atoms with Crippen molar-refractivity contribution in [1.29, 1.82) is 0 Å². The van der Waals surface area contributed by atoms with E-state index >= 15 is 0 Å². The van der Waals surface area contributed by atoms with Gasteiger partial charge in [-0.15, -0.1) is 0 Å². The van der Waals surface area contributed by atoms with E-state index in [-0.39, 0.29) is 11.9 Å². The van der Waals surface area contributed by atoms with E-state index in [4.69, 9.17) is 4.74 Å². The highest BCUT2D eigenvalue weighted by Crippen LogP contribution is 2.15. The molecule has 6 heteroatoms. The maximum Gasteiger partial charge on any atom is 0.234 e. The predicted molar refractivity (Wildman–Crippen MR) is 106 cm³/mol. The average molecular weight is 366 g/mol. The maximum atomic E-state index is 11.6. The van der Waals surface area contributed by atoms with E-state index in [1.54, 1.807) is 0 Å². The molecular weight excluding hydrogens is 340 g/mol. The van der Waals surface area contributed by atoms with E-state index in [9.17, 15) is 4.79 Å². The molecule has 142 valence electrons. The summed E-state index contributed by atoms with van der Waals surface area (Å²) in [4.78, 5) is 16.2. The first kappa shape index (κ1) is 18.9. The molecule has 2 aromatic heterocycles. The van der Waals surface area contributed by atoms with Gasteiger partial charge in [-0.3, -0.25) is 4.79 Å². The molecule has 3 aromatic rings. The van der Waals surface area contributed by atoms with E-state index < -0.39 is 0 Å². The number of ether oxygens (including phenoxy) is 1. The molecule has 2 heterocycles. The number of amides is 1. The fraction of sp³-hybridized carbons (Fsp3) is 0.333. The summed E-state index contributed by atoms with van der Waals surface area (Å²) in [6, 6.07) is 12.1. The molecule has 0 spiro atoms. The molecule has 0 aliphatic rings. The van der Waals surface area contributed by atoms with Crippen LogP contribution in [0.1, 0.15) is 30.7 Å². The van der Waals surface area contributed by atoms with Crippen LogP contribution in [0.3, 0.4) is 0 Å². The van der Waals surface area contributed by atoms with Crippen LogP contribution in [0.5, 0.6) is 5.75 Å². The zero-order chi connectivity index (χ0) is 19.2. The summed E-state index contributed by atoms with van der Waals surface area (Å²) in [6.07, 6.45) is 3.98. The van der Waals surface area contributed by atoms with E-state index in [1.807, 2.05) is 74.0 Å². The third-order valence-electron chi connectivity index (χ3n) is 4.10. The van der Waals surface area contributed by atoms with Gasteiger partial charge >= 0.3 is 0 Å². The molecule has 2 N–H and O–H groups in total. The molecule has 0 bridgehead atoms. The Morgan fingerprint density at radius 3 is 2.70 bits per heavy atom. The Balaban J connectivity index is 1.48. The van der Waals surface area contributed by atoms with Gasteiger partial charge in [0, 0.05) is 25.0 Å². The Morgan fingerprint density at radius 1 is 1.22 bits per heavy atom. The number of carbonyl (C=O) groups is 1. The highest BCUT2D eigenvalue weighted by atomic mass is 16.5. The van der Waals surface area contributed by atoms with Gasteiger partial charge in [0.25, 0.3) is 0 Å². The number of nitrogens with zero attached hydrogens (tertiary/aromatic N) is 2. The zero-order valence-corrected chi connectivity index (χ0v) is 16.0.